The van der Waals surface area contributed by atoms with Gasteiger partial charge in [-0.25, -0.2) is 4.98 Å². The predicted octanol–water partition coefficient (Wildman–Crippen LogP) is 5.20. The topological polar surface area (TPSA) is 80.9 Å². The van der Waals surface area contributed by atoms with Crippen LogP contribution in [-0.4, -0.2) is 28.8 Å². The van der Waals surface area contributed by atoms with Gasteiger partial charge in [0.05, 0.1) is 5.56 Å². The Bertz CT molecular complexity index is 879. The summed E-state index contributed by atoms with van der Waals surface area (Å²) in [6.07, 6.45) is 0.988. The molecule has 164 valence electrons. The van der Waals surface area contributed by atoms with Crippen LogP contribution in [0.1, 0.15) is 58.7 Å². The van der Waals surface area contributed by atoms with Crippen molar-refractivity contribution in [3.8, 4) is 0 Å². The monoisotopic (exact) mass is 414 g/mol. The summed E-state index contributed by atoms with van der Waals surface area (Å²) in [7, 11) is 0. The SMILES string of the molecule is Cc1ncccc1C(=O)c1nc(NCC2CCC(CN)CC2)ccc1C(F)(F)F.[HH].[HH].[HH].[HH]. The van der Waals surface area contributed by atoms with Crippen molar-refractivity contribution in [2.75, 3.05) is 18.4 Å². The van der Waals surface area contributed by atoms with Crippen molar-refractivity contribution in [2.24, 2.45) is 17.6 Å². The molecule has 1 aliphatic carbocycles. The van der Waals surface area contributed by atoms with Gasteiger partial charge in [-0.1, -0.05) is 0 Å². The normalized spacial score (nSPS) is 19.8. The Labute approximate surface area is 173 Å². The number of carbonyl (C=O) groups excluding carboxylic acids is 1. The van der Waals surface area contributed by atoms with Crippen molar-refractivity contribution in [3.05, 3.63) is 53.0 Å². The van der Waals surface area contributed by atoms with Gasteiger partial charge in [0.2, 0.25) is 5.78 Å². The Morgan fingerprint density at radius 2 is 1.90 bits per heavy atom. The number of halogens is 3. The zero-order valence-electron chi connectivity index (χ0n) is 16.3. The highest BCUT2D eigenvalue weighted by Gasteiger charge is 2.37. The minimum absolute atomic E-state index is 0. The van der Waals surface area contributed by atoms with Crippen LogP contribution in [0.4, 0.5) is 19.0 Å². The Morgan fingerprint density at radius 1 is 1.21 bits per heavy atom. The van der Waals surface area contributed by atoms with Gasteiger partial charge in [0.25, 0.3) is 0 Å². The molecule has 1 saturated carbocycles. The molecule has 8 heteroatoms. The van der Waals surface area contributed by atoms with Gasteiger partial charge in [0, 0.05) is 29.7 Å². The fourth-order valence-electron chi connectivity index (χ4n) is 3.73. The minimum Gasteiger partial charge on any atom is -0.370 e. The third kappa shape index (κ3) is 5.12. The first-order valence-corrected chi connectivity index (χ1v) is 9.78. The van der Waals surface area contributed by atoms with Crippen molar-refractivity contribution in [3.63, 3.8) is 0 Å². The molecular formula is C21H33F3N4O. The second-order valence-electron chi connectivity index (χ2n) is 7.56. The Hall–Kier alpha value is -2.48. The quantitative estimate of drug-likeness (QED) is 0.635. The predicted molar refractivity (Wildman–Crippen MR) is 113 cm³/mol. The Kier molecular flexibility index (Phi) is 6.52. The molecular weight excluding hydrogens is 381 g/mol. The second kappa shape index (κ2) is 8.90. The number of nitrogens with zero attached hydrogens (tertiary/aromatic N) is 2. The molecule has 1 fully saturated rings. The van der Waals surface area contributed by atoms with Crippen LogP contribution in [0.3, 0.4) is 0 Å². The molecule has 0 spiro atoms. The second-order valence-corrected chi connectivity index (χ2v) is 7.56. The van der Waals surface area contributed by atoms with E-state index in [1.54, 1.807) is 6.92 Å². The minimum atomic E-state index is -4.67. The summed E-state index contributed by atoms with van der Waals surface area (Å²) in [6, 6.07) is 5.18. The van der Waals surface area contributed by atoms with Crippen LogP contribution in [0.15, 0.2) is 30.5 Å². The molecule has 2 aromatic rings. The summed E-state index contributed by atoms with van der Waals surface area (Å²) in [6.45, 7) is 2.88. The number of hydrogen-bond acceptors (Lipinski definition) is 5. The molecule has 0 saturated heterocycles. The van der Waals surface area contributed by atoms with Crippen molar-refractivity contribution < 1.29 is 23.7 Å². The summed E-state index contributed by atoms with van der Waals surface area (Å²) < 4.78 is 40.4. The number of rotatable bonds is 6. The molecule has 0 amide bonds. The van der Waals surface area contributed by atoms with Gasteiger partial charge in [-0.2, -0.15) is 13.2 Å². The van der Waals surface area contributed by atoms with E-state index in [9.17, 15) is 18.0 Å². The number of alkyl halides is 3. The van der Waals surface area contributed by atoms with E-state index in [-0.39, 0.29) is 17.1 Å². The number of nitrogens with two attached hydrogens (primary N) is 1. The highest BCUT2D eigenvalue weighted by atomic mass is 19.4. The first-order chi connectivity index (χ1) is 13.8. The van der Waals surface area contributed by atoms with Crippen LogP contribution < -0.4 is 11.1 Å². The Morgan fingerprint density at radius 3 is 2.52 bits per heavy atom. The van der Waals surface area contributed by atoms with Crippen molar-refractivity contribution in [1.29, 1.82) is 0 Å². The van der Waals surface area contributed by atoms with Crippen LogP contribution in [-0.2, 0) is 6.18 Å². The van der Waals surface area contributed by atoms with Gasteiger partial charge in [0.1, 0.15) is 11.5 Å². The lowest BCUT2D eigenvalue weighted by molar-refractivity contribution is -0.138. The summed E-state index contributed by atoms with van der Waals surface area (Å²) in [5, 5.41) is 3.11. The number of nitrogens with one attached hydrogen (secondary N) is 1. The summed E-state index contributed by atoms with van der Waals surface area (Å²) in [5.74, 6) is 0.461. The van der Waals surface area contributed by atoms with Gasteiger partial charge < -0.3 is 11.1 Å². The number of pyridine rings is 2. The maximum atomic E-state index is 13.5. The molecule has 2 heterocycles. The zero-order chi connectivity index (χ0) is 21.0. The van der Waals surface area contributed by atoms with E-state index in [2.05, 4.69) is 15.3 Å². The number of anilines is 1. The van der Waals surface area contributed by atoms with Gasteiger partial charge in [-0.15, -0.1) is 0 Å². The summed E-state index contributed by atoms with van der Waals surface area (Å²) >= 11 is 0. The van der Waals surface area contributed by atoms with E-state index < -0.39 is 23.2 Å². The molecule has 29 heavy (non-hydrogen) atoms. The fourth-order valence-corrected chi connectivity index (χ4v) is 3.73. The third-order valence-electron chi connectivity index (χ3n) is 5.54. The van der Waals surface area contributed by atoms with Gasteiger partial charge in [0.15, 0.2) is 0 Å². The van der Waals surface area contributed by atoms with Crippen LogP contribution in [0.2, 0.25) is 0 Å². The average Bonchev–Trinajstić information content (AvgIpc) is 2.71. The molecule has 3 rings (SSSR count). The first-order valence-electron chi connectivity index (χ1n) is 9.78. The average molecular weight is 415 g/mol. The van der Waals surface area contributed by atoms with Crippen molar-refractivity contribution in [1.82, 2.24) is 9.97 Å². The summed E-state index contributed by atoms with van der Waals surface area (Å²) in [4.78, 5) is 20.9. The molecule has 0 atom stereocenters. The summed E-state index contributed by atoms with van der Waals surface area (Å²) in [5.41, 5.74) is 4.54. The molecule has 2 aromatic heterocycles. The lowest BCUT2D eigenvalue weighted by Gasteiger charge is -2.27. The fraction of sp³-hybridized carbons (Fsp3) is 0.476. The lowest BCUT2D eigenvalue weighted by atomic mass is 9.82. The van der Waals surface area contributed by atoms with E-state index in [1.165, 1.54) is 24.4 Å². The molecule has 0 aliphatic heterocycles. The highest BCUT2D eigenvalue weighted by molar-refractivity contribution is 6.09. The van der Waals surface area contributed by atoms with E-state index in [0.29, 0.717) is 30.6 Å². The van der Waals surface area contributed by atoms with Gasteiger partial charge in [-0.05, 0) is 75.3 Å². The van der Waals surface area contributed by atoms with Crippen molar-refractivity contribution in [2.45, 2.75) is 38.8 Å². The van der Waals surface area contributed by atoms with Crippen LogP contribution >= 0.6 is 0 Å². The van der Waals surface area contributed by atoms with Gasteiger partial charge >= 0.3 is 6.18 Å². The number of ketones is 1. The highest BCUT2D eigenvalue weighted by Crippen LogP contribution is 2.33. The van der Waals surface area contributed by atoms with Crippen LogP contribution in [0.5, 0.6) is 0 Å². The van der Waals surface area contributed by atoms with E-state index in [0.717, 1.165) is 31.7 Å². The van der Waals surface area contributed by atoms with E-state index in [1.807, 2.05) is 0 Å². The third-order valence-corrected chi connectivity index (χ3v) is 5.54. The van der Waals surface area contributed by atoms with Crippen LogP contribution in [0.25, 0.3) is 0 Å². The molecule has 0 aromatic carbocycles. The molecule has 3 N–H and O–H groups in total. The number of aryl methyl sites for hydroxylation is 1. The first kappa shape index (κ1) is 21.2. The molecule has 5 nitrogen and oxygen atoms in total. The smallest absolute Gasteiger partial charge is 0.370 e. The molecule has 1 aliphatic rings. The van der Waals surface area contributed by atoms with E-state index >= 15 is 0 Å². The van der Waals surface area contributed by atoms with Gasteiger partial charge in [-0.3, -0.25) is 9.78 Å². The lowest BCUT2D eigenvalue weighted by Crippen LogP contribution is -2.25. The Balaban J connectivity index is 0. The standard InChI is InChI=1S/C21H25F3N4O.4H2/c1-13-16(3-2-10-26-13)20(29)19-17(21(22,23)24)8-9-18(28-19)27-12-15-6-4-14(11-25)5-7-15;;;;/h2-3,8-10,14-15H,4-7,11-12,25H2,1H3,(H,27,28);4*1H. The molecule has 0 unspecified atom stereocenters. The molecule has 0 bridgehead atoms. The number of carbonyl (C=O) groups is 1. The largest absolute Gasteiger partial charge is 0.418 e. The zero-order valence-corrected chi connectivity index (χ0v) is 16.3. The van der Waals surface area contributed by atoms with Crippen LogP contribution in [0, 0.1) is 18.8 Å². The maximum Gasteiger partial charge on any atom is 0.418 e. The van der Waals surface area contributed by atoms with E-state index in [4.69, 9.17) is 5.73 Å². The molecule has 0 radical (unpaired) electrons. The maximum absolute atomic E-state index is 13.5. The number of hydrogen-bond donors (Lipinski definition) is 2. The van der Waals surface area contributed by atoms with Crippen molar-refractivity contribution >= 4 is 11.6 Å². The number of aromatic nitrogens is 2.